The monoisotopic (exact) mass is 270 g/mol. The Morgan fingerprint density at radius 1 is 1.21 bits per heavy atom. The molecule has 2 rings (SSSR count). The molecule has 1 aromatic carbocycles. The summed E-state index contributed by atoms with van der Waals surface area (Å²) in [7, 11) is 2.94. The van der Waals surface area contributed by atoms with Crippen LogP contribution in [0.5, 0.6) is 11.5 Å². The molecule has 1 aromatic rings. The van der Waals surface area contributed by atoms with Crippen LogP contribution in [0.1, 0.15) is 24.5 Å². The van der Waals surface area contributed by atoms with Crippen molar-refractivity contribution in [2.75, 3.05) is 27.4 Å². The number of hydrogen-bond donors (Lipinski definition) is 1. The molecule has 1 fully saturated rings. The van der Waals surface area contributed by atoms with Crippen LogP contribution in [0.3, 0.4) is 0 Å². The zero-order valence-electron chi connectivity index (χ0n) is 11.2. The highest BCUT2D eigenvalue weighted by Gasteiger charge is 2.27. The minimum atomic E-state index is -0.844. The van der Waals surface area contributed by atoms with Gasteiger partial charge < -0.3 is 19.3 Å². The van der Waals surface area contributed by atoms with E-state index in [0.717, 1.165) is 12.8 Å². The summed E-state index contributed by atoms with van der Waals surface area (Å²) in [6, 6.07) is 2.75. The van der Waals surface area contributed by atoms with Crippen molar-refractivity contribution in [3.05, 3.63) is 23.5 Å². The van der Waals surface area contributed by atoms with Crippen LogP contribution >= 0.6 is 0 Å². The van der Waals surface area contributed by atoms with Gasteiger partial charge in [-0.25, -0.2) is 4.39 Å². The quantitative estimate of drug-likeness (QED) is 0.912. The van der Waals surface area contributed by atoms with Crippen molar-refractivity contribution in [3.8, 4) is 11.5 Å². The molecule has 0 bridgehead atoms. The lowest BCUT2D eigenvalue weighted by atomic mass is 9.89. The summed E-state index contributed by atoms with van der Waals surface area (Å²) in [6.07, 6.45) is 0.618. The van der Waals surface area contributed by atoms with Gasteiger partial charge in [0.15, 0.2) is 11.5 Å². The predicted molar refractivity (Wildman–Crippen MR) is 68.0 cm³/mol. The number of aliphatic hydroxyl groups excluding tert-OH is 1. The molecule has 1 N–H and O–H groups in total. The van der Waals surface area contributed by atoms with E-state index in [9.17, 15) is 9.50 Å². The van der Waals surface area contributed by atoms with Crippen LogP contribution in [0.15, 0.2) is 12.1 Å². The molecule has 1 aliphatic heterocycles. The highest BCUT2D eigenvalue weighted by atomic mass is 19.1. The molecule has 0 aliphatic carbocycles. The molecule has 4 nitrogen and oxygen atoms in total. The van der Waals surface area contributed by atoms with Gasteiger partial charge in [-0.15, -0.1) is 0 Å². The normalized spacial score (nSPS) is 18.1. The molecule has 0 amide bonds. The van der Waals surface area contributed by atoms with Gasteiger partial charge in [0.05, 0.1) is 20.3 Å². The fraction of sp³-hybridized carbons (Fsp3) is 0.571. The number of benzene rings is 1. The molecule has 0 spiro atoms. The maximum absolute atomic E-state index is 14.0. The smallest absolute Gasteiger partial charge is 0.163 e. The zero-order valence-corrected chi connectivity index (χ0v) is 11.2. The average Bonchev–Trinajstić information content (AvgIpc) is 2.47. The first-order valence-electron chi connectivity index (χ1n) is 6.34. The minimum Gasteiger partial charge on any atom is -0.493 e. The van der Waals surface area contributed by atoms with Crippen molar-refractivity contribution >= 4 is 0 Å². The van der Waals surface area contributed by atoms with Crippen LogP contribution in [-0.4, -0.2) is 32.5 Å². The number of methoxy groups -OCH3 is 2. The van der Waals surface area contributed by atoms with Crippen LogP contribution in [0.4, 0.5) is 4.39 Å². The fourth-order valence-electron chi connectivity index (χ4n) is 2.38. The molecular weight excluding hydrogens is 251 g/mol. The standard InChI is InChI=1S/C14H19FO4/c1-17-12-7-10(11(15)8-13(12)18-2)14(16)9-3-5-19-6-4-9/h7-9,14,16H,3-6H2,1-2H3. The van der Waals surface area contributed by atoms with Crippen LogP contribution < -0.4 is 9.47 Å². The Bertz CT molecular complexity index is 430. The van der Waals surface area contributed by atoms with E-state index in [0.29, 0.717) is 24.7 Å². The Morgan fingerprint density at radius 2 is 1.79 bits per heavy atom. The Morgan fingerprint density at radius 3 is 2.37 bits per heavy atom. The van der Waals surface area contributed by atoms with Gasteiger partial charge in [-0.1, -0.05) is 0 Å². The van der Waals surface area contributed by atoms with E-state index >= 15 is 0 Å². The van der Waals surface area contributed by atoms with E-state index in [1.165, 1.54) is 26.4 Å². The molecule has 5 heteroatoms. The lowest BCUT2D eigenvalue weighted by molar-refractivity contribution is 0.00580. The first-order valence-corrected chi connectivity index (χ1v) is 6.34. The van der Waals surface area contributed by atoms with Crippen molar-refractivity contribution in [3.63, 3.8) is 0 Å². The summed E-state index contributed by atoms with van der Waals surface area (Å²) < 4.78 is 29.5. The van der Waals surface area contributed by atoms with Crippen molar-refractivity contribution in [1.29, 1.82) is 0 Å². The van der Waals surface area contributed by atoms with E-state index in [1.807, 2.05) is 0 Å². The summed E-state index contributed by atoms with van der Waals surface area (Å²) in [5.74, 6) is 0.283. The summed E-state index contributed by atoms with van der Waals surface area (Å²) in [6.45, 7) is 1.22. The summed E-state index contributed by atoms with van der Waals surface area (Å²) in [5, 5.41) is 10.3. The number of rotatable bonds is 4. The van der Waals surface area contributed by atoms with Crippen molar-refractivity contribution in [1.82, 2.24) is 0 Å². The number of hydrogen-bond acceptors (Lipinski definition) is 4. The molecule has 106 valence electrons. The molecule has 1 aliphatic rings. The van der Waals surface area contributed by atoms with Crippen LogP contribution in [0, 0.1) is 11.7 Å². The third-order valence-corrected chi connectivity index (χ3v) is 3.53. The lowest BCUT2D eigenvalue weighted by Gasteiger charge is -2.27. The second-order valence-electron chi connectivity index (χ2n) is 4.62. The molecule has 0 saturated carbocycles. The highest BCUT2D eigenvalue weighted by molar-refractivity contribution is 5.44. The van der Waals surface area contributed by atoms with E-state index in [-0.39, 0.29) is 11.5 Å². The van der Waals surface area contributed by atoms with Crippen molar-refractivity contribution < 1.29 is 23.7 Å². The molecule has 0 radical (unpaired) electrons. The summed E-state index contributed by atoms with van der Waals surface area (Å²) in [4.78, 5) is 0. The molecular formula is C14H19FO4. The Labute approximate surface area is 112 Å². The maximum atomic E-state index is 14.0. The highest BCUT2D eigenvalue weighted by Crippen LogP contribution is 2.37. The second-order valence-corrected chi connectivity index (χ2v) is 4.62. The SMILES string of the molecule is COc1cc(F)c(C(O)C2CCOCC2)cc1OC. The minimum absolute atomic E-state index is 0.0151. The maximum Gasteiger partial charge on any atom is 0.163 e. The van der Waals surface area contributed by atoms with E-state index < -0.39 is 11.9 Å². The van der Waals surface area contributed by atoms with E-state index in [4.69, 9.17) is 14.2 Å². The molecule has 0 aromatic heterocycles. The molecule has 1 saturated heterocycles. The van der Waals surface area contributed by atoms with Gasteiger partial charge in [0.25, 0.3) is 0 Å². The Kier molecular flexibility index (Phi) is 4.61. The zero-order chi connectivity index (χ0) is 13.8. The molecule has 1 atom stereocenters. The van der Waals surface area contributed by atoms with Crippen LogP contribution in [-0.2, 0) is 4.74 Å². The summed E-state index contributed by atoms with van der Waals surface area (Å²) in [5.41, 5.74) is 0.254. The molecule has 1 unspecified atom stereocenters. The molecule has 19 heavy (non-hydrogen) atoms. The van der Waals surface area contributed by atoms with Crippen LogP contribution in [0.25, 0.3) is 0 Å². The Balaban J connectivity index is 2.27. The van der Waals surface area contributed by atoms with Gasteiger partial charge in [0.1, 0.15) is 5.82 Å². The third kappa shape index (κ3) is 2.98. The molecule has 1 heterocycles. The Hall–Kier alpha value is -1.33. The topological polar surface area (TPSA) is 47.9 Å². The fourth-order valence-corrected chi connectivity index (χ4v) is 2.38. The van der Waals surface area contributed by atoms with Gasteiger partial charge in [0, 0.05) is 24.8 Å². The van der Waals surface area contributed by atoms with Crippen molar-refractivity contribution in [2.24, 2.45) is 5.92 Å². The van der Waals surface area contributed by atoms with Gasteiger partial charge in [0.2, 0.25) is 0 Å². The first-order chi connectivity index (χ1) is 9.17. The second kappa shape index (κ2) is 6.21. The van der Waals surface area contributed by atoms with Gasteiger partial charge >= 0.3 is 0 Å². The lowest BCUT2D eigenvalue weighted by Crippen LogP contribution is -2.22. The third-order valence-electron chi connectivity index (χ3n) is 3.53. The predicted octanol–water partition coefficient (Wildman–Crippen LogP) is 2.30. The van der Waals surface area contributed by atoms with Gasteiger partial charge in [-0.2, -0.15) is 0 Å². The van der Waals surface area contributed by atoms with Crippen LogP contribution in [0.2, 0.25) is 0 Å². The number of halogens is 1. The summed E-state index contributed by atoms with van der Waals surface area (Å²) >= 11 is 0. The van der Waals surface area contributed by atoms with Gasteiger partial charge in [-0.05, 0) is 24.8 Å². The van der Waals surface area contributed by atoms with Gasteiger partial charge in [-0.3, -0.25) is 0 Å². The number of aliphatic hydroxyl groups is 1. The number of ether oxygens (including phenoxy) is 3. The van der Waals surface area contributed by atoms with Crippen molar-refractivity contribution in [2.45, 2.75) is 18.9 Å². The largest absolute Gasteiger partial charge is 0.493 e. The average molecular weight is 270 g/mol. The van der Waals surface area contributed by atoms with E-state index in [2.05, 4.69) is 0 Å². The van der Waals surface area contributed by atoms with E-state index in [1.54, 1.807) is 0 Å². The first kappa shape index (κ1) is 14.1.